The first-order valence-electron chi connectivity index (χ1n) is 5.94. The topological polar surface area (TPSA) is 26.0 Å². The molecule has 13 heavy (non-hydrogen) atoms. The lowest BCUT2D eigenvalue weighted by atomic mass is 10.5. The Morgan fingerprint density at radius 2 is 1.46 bits per heavy atom. The van der Waals surface area contributed by atoms with Crippen LogP contribution in [-0.2, 0) is 0 Å². The maximum absolute atomic E-state index is 5.60. The summed E-state index contributed by atoms with van der Waals surface area (Å²) in [7, 11) is -0.870. The van der Waals surface area contributed by atoms with Crippen molar-refractivity contribution in [1.82, 2.24) is 0 Å². The third-order valence-electron chi connectivity index (χ3n) is 3.22. The van der Waals surface area contributed by atoms with Gasteiger partial charge in [0.25, 0.3) is 0 Å². The highest BCUT2D eigenvalue weighted by Gasteiger charge is 2.27. The molecule has 0 saturated heterocycles. The second-order valence-corrected chi connectivity index (χ2v) is 9.45. The molecule has 0 aromatic carbocycles. The molecule has 0 aliphatic carbocycles. The Bertz CT molecular complexity index is 109. The largest absolute Gasteiger partial charge is 0.330 e. The lowest BCUT2D eigenvalue weighted by Crippen LogP contribution is -2.33. The average molecular weight is 201 g/mol. The third-order valence-corrected chi connectivity index (χ3v) is 9.26. The van der Waals surface area contributed by atoms with Crippen molar-refractivity contribution in [1.29, 1.82) is 0 Å². The molecule has 0 aliphatic heterocycles. The second kappa shape index (κ2) is 7.57. The summed E-state index contributed by atoms with van der Waals surface area (Å²) in [4.78, 5) is 0. The normalized spacial score (nSPS) is 12.0. The quantitative estimate of drug-likeness (QED) is 0.596. The van der Waals surface area contributed by atoms with Crippen LogP contribution in [0.25, 0.3) is 0 Å². The van der Waals surface area contributed by atoms with E-state index in [1.54, 1.807) is 0 Å². The van der Waals surface area contributed by atoms with E-state index in [9.17, 15) is 0 Å². The van der Waals surface area contributed by atoms with E-state index in [1.165, 1.54) is 43.4 Å². The molecule has 0 amide bonds. The van der Waals surface area contributed by atoms with Crippen molar-refractivity contribution in [3.8, 4) is 0 Å². The fraction of sp³-hybridized carbons (Fsp3) is 1.00. The minimum atomic E-state index is -0.870. The molecule has 0 unspecified atom stereocenters. The van der Waals surface area contributed by atoms with E-state index in [0.717, 1.165) is 6.54 Å². The van der Waals surface area contributed by atoms with Crippen LogP contribution >= 0.6 is 0 Å². The van der Waals surface area contributed by atoms with Gasteiger partial charge in [0.1, 0.15) is 0 Å². The summed E-state index contributed by atoms with van der Waals surface area (Å²) in [6.07, 6.45) is 4.02. The zero-order valence-corrected chi connectivity index (χ0v) is 10.7. The molecular formula is C11H27NSi. The van der Waals surface area contributed by atoms with E-state index in [0.29, 0.717) is 0 Å². The highest BCUT2D eigenvalue weighted by atomic mass is 28.3. The van der Waals surface area contributed by atoms with Gasteiger partial charge in [0, 0.05) is 0 Å². The van der Waals surface area contributed by atoms with Gasteiger partial charge in [-0.25, -0.2) is 0 Å². The van der Waals surface area contributed by atoms with Crippen LogP contribution in [0.4, 0.5) is 0 Å². The Balaban J connectivity index is 4.07. The minimum Gasteiger partial charge on any atom is -0.330 e. The molecule has 0 radical (unpaired) electrons. The van der Waals surface area contributed by atoms with Crippen LogP contribution in [0, 0.1) is 0 Å². The van der Waals surface area contributed by atoms with Crippen LogP contribution in [0.3, 0.4) is 0 Å². The highest BCUT2D eigenvalue weighted by molar-refractivity contribution is 6.79. The standard InChI is InChI=1S/C11H27NSi/c1-4-9-13(6-3,10-5-2)11-7-8-12/h4-12H2,1-3H3. The summed E-state index contributed by atoms with van der Waals surface area (Å²) in [5, 5.41) is 0. The Morgan fingerprint density at radius 3 is 1.77 bits per heavy atom. The van der Waals surface area contributed by atoms with Gasteiger partial charge in [-0.2, -0.15) is 0 Å². The Morgan fingerprint density at radius 1 is 0.923 bits per heavy atom. The molecular weight excluding hydrogens is 174 g/mol. The minimum absolute atomic E-state index is 0.870. The number of hydrogen-bond donors (Lipinski definition) is 1. The van der Waals surface area contributed by atoms with Crippen molar-refractivity contribution in [3.63, 3.8) is 0 Å². The van der Waals surface area contributed by atoms with Crippen LogP contribution in [0.15, 0.2) is 0 Å². The van der Waals surface area contributed by atoms with Gasteiger partial charge in [0.2, 0.25) is 0 Å². The van der Waals surface area contributed by atoms with Gasteiger partial charge in [0.15, 0.2) is 0 Å². The first-order chi connectivity index (χ1) is 6.24. The third kappa shape index (κ3) is 4.82. The molecule has 0 saturated carbocycles. The predicted molar refractivity (Wildman–Crippen MR) is 64.9 cm³/mol. The maximum Gasteiger partial charge on any atom is 0.0533 e. The fourth-order valence-corrected chi connectivity index (χ4v) is 7.33. The van der Waals surface area contributed by atoms with Crippen molar-refractivity contribution in [2.24, 2.45) is 5.73 Å². The van der Waals surface area contributed by atoms with E-state index in [2.05, 4.69) is 20.8 Å². The SMILES string of the molecule is CCC[Si](CC)(CCC)CCCN. The summed E-state index contributed by atoms with van der Waals surface area (Å²) in [6.45, 7) is 7.95. The lowest BCUT2D eigenvalue weighted by Gasteiger charge is -2.30. The Hall–Kier alpha value is 0.177. The molecule has 0 bridgehead atoms. The summed E-state index contributed by atoms with van der Waals surface area (Å²) in [5.74, 6) is 0. The summed E-state index contributed by atoms with van der Waals surface area (Å²) < 4.78 is 0. The molecule has 0 atom stereocenters. The first kappa shape index (κ1) is 13.2. The Kier molecular flexibility index (Phi) is 7.67. The molecule has 0 aromatic heterocycles. The molecule has 0 rings (SSSR count). The van der Waals surface area contributed by atoms with E-state index in [-0.39, 0.29) is 0 Å². The Labute approximate surface area is 85.1 Å². The van der Waals surface area contributed by atoms with Crippen LogP contribution in [0.5, 0.6) is 0 Å². The van der Waals surface area contributed by atoms with Gasteiger partial charge in [-0.15, -0.1) is 0 Å². The monoisotopic (exact) mass is 201 g/mol. The van der Waals surface area contributed by atoms with Crippen molar-refractivity contribution in [2.45, 2.75) is 64.2 Å². The van der Waals surface area contributed by atoms with Crippen molar-refractivity contribution >= 4 is 8.07 Å². The molecule has 2 heteroatoms. The van der Waals surface area contributed by atoms with E-state index in [1.807, 2.05) is 0 Å². The molecule has 0 fully saturated rings. The zero-order chi connectivity index (χ0) is 10.2. The van der Waals surface area contributed by atoms with Crippen LogP contribution in [0.1, 0.15) is 40.0 Å². The number of hydrogen-bond acceptors (Lipinski definition) is 1. The summed E-state index contributed by atoms with van der Waals surface area (Å²) in [6, 6.07) is 5.99. The number of rotatable bonds is 8. The molecule has 0 heterocycles. The fourth-order valence-electron chi connectivity index (χ4n) is 2.44. The molecule has 80 valence electrons. The van der Waals surface area contributed by atoms with E-state index >= 15 is 0 Å². The molecule has 0 spiro atoms. The summed E-state index contributed by atoms with van der Waals surface area (Å²) in [5.41, 5.74) is 5.60. The molecule has 0 aromatic rings. The van der Waals surface area contributed by atoms with Crippen LogP contribution in [0.2, 0.25) is 24.2 Å². The second-order valence-electron chi connectivity index (χ2n) is 4.25. The lowest BCUT2D eigenvalue weighted by molar-refractivity contribution is 0.862. The predicted octanol–water partition coefficient (Wildman–Crippen LogP) is 3.62. The van der Waals surface area contributed by atoms with Gasteiger partial charge in [-0.1, -0.05) is 57.8 Å². The van der Waals surface area contributed by atoms with Crippen LogP contribution < -0.4 is 5.73 Å². The molecule has 0 aliphatic rings. The van der Waals surface area contributed by atoms with Crippen molar-refractivity contribution in [3.05, 3.63) is 0 Å². The highest BCUT2D eigenvalue weighted by Crippen LogP contribution is 2.29. The molecule has 1 nitrogen and oxygen atoms in total. The van der Waals surface area contributed by atoms with E-state index < -0.39 is 8.07 Å². The van der Waals surface area contributed by atoms with Crippen LogP contribution in [-0.4, -0.2) is 14.6 Å². The van der Waals surface area contributed by atoms with Crippen molar-refractivity contribution in [2.75, 3.05) is 6.54 Å². The van der Waals surface area contributed by atoms with Gasteiger partial charge in [-0.05, 0) is 13.0 Å². The number of nitrogens with two attached hydrogens (primary N) is 1. The smallest absolute Gasteiger partial charge is 0.0533 e. The van der Waals surface area contributed by atoms with E-state index in [4.69, 9.17) is 5.73 Å². The molecule has 2 N–H and O–H groups in total. The van der Waals surface area contributed by atoms with Gasteiger partial charge >= 0.3 is 0 Å². The van der Waals surface area contributed by atoms with Gasteiger partial charge < -0.3 is 5.73 Å². The average Bonchev–Trinajstić information content (AvgIpc) is 2.15. The first-order valence-corrected chi connectivity index (χ1v) is 8.77. The maximum atomic E-state index is 5.60. The summed E-state index contributed by atoms with van der Waals surface area (Å²) >= 11 is 0. The van der Waals surface area contributed by atoms with Gasteiger partial charge in [-0.3, -0.25) is 0 Å². The van der Waals surface area contributed by atoms with Gasteiger partial charge in [0.05, 0.1) is 8.07 Å². The van der Waals surface area contributed by atoms with Crippen molar-refractivity contribution < 1.29 is 0 Å². The zero-order valence-electron chi connectivity index (χ0n) is 9.73.